The third-order valence-electron chi connectivity index (χ3n) is 2.49. The lowest BCUT2D eigenvalue weighted by molar-refractivity contribution is 0.467. The first-order chi connectivity index (χ1) is 8.95. The van der Waals surface area contributed by atoms with Crippen molar-refractivity contribution < 1.29 is 13.5 Å². The van der Waals surface area contributed by atoms with Crippen LogP contribution in [0.4, 0.5) is 8.78 Å². The number of hydrogen-bond donors (Lipinski definition) is 2. The van der Waals surface area contributed by atoms with Crippen LogP contribution in [0.15, 0.2) is 36.4 Å². The molecule has 0 aliphatic rings. The first-order valence-corrected chi connectivity index (χ1v) is 5.54. The molecule has 0 radical (unpaired) electrons. The zero-order valence-corrected chi connectivity index (χ0v) is 10.2. The van der Waals surface area contributed by atoms with Crippen molar-refractivity contribution in [2.24, 2.45) is 5.73 Å². The fourth-order valence-corrected chi connectivity index (χ4v) is 1.65. The molecule has 2 aromatic rings. The van der Waals surface area contributed by atoms with E-state index in [0.29, 0.717) is 5.56 Å². The monoisotopic (exact) mass is 262 g/mol. The van der Waals surface area contributed by atoms with Crippen LogP contribution in [0.5, 0.6) is 11.5 Å². The van der Waals surface area contributed by atoms with E-state index in [9.17, 15) is 8.78 Å². The van der Waals surface area contributed by atoms with Crippen LogP contribution in [0, 0.1) is 24.0 Å². The van der Waals surface area contributed by atoms with Crippen molar-refractivity contribution in [1.82, 2.24) is 0 Å². The van der Waals surface area contributed by atoms with Crippen molar-refractivity contribution in [2.75, 3.05) is 0 Å². The normalized spacial score (nSPS) is 10.3. The molecule has 5 heteroatoms. The summed E-state index contributed by atoms with van der Waals surface area (Å²) in [7, 11) is 0. The highest BCUT2D eigenvalue weighted by molar-refractivity contribution is 5.97. The van der Waals surface area contributed by atoms with Crippen LogP contribution < -0.4 is 10.5 Å². The molecule has 0 aliphatic carbocycles. The molecule has 3 nitrogen and oxygen atoms in total. The summed E-state index contributed by atoms with van der Waals surface area (Å²) in [6.07, 6.45) is 0. The molecular formula is C14H12F2N2O. The predicted molar refractivity (Wildman–Crippen MR) is 68.6 cm³/mol. The molecule has 0 saturated heterocycles. The molecule has 0 bridgehead atoms. The molecule has 0 spiro atoms. The van der Waals surface area contributed by atoms with E-state index in [4.69, 9.17) is 15.9 Å². The summed E-state index contributed by atoms with van der Waals surface area (Å²) in [6, 6.07) is 7.94. The largest absolute Gasteiger partial charge is 0.456 e. The van der Waals surface area contributed by atoms with Gasteiger partial charge in [0.1, 0.15) is 29.0 Å². The number of benzene rings is 2. The van der Waals surface area contributed by atoms with Gasteiger partial charge in [0.25, 0.3) is 0 Å². The van der Waals surface area contributed by atoms with Crippen LogP contribution >= 0.6 is 0 Å². The third-order valence-corrected chi connectivity index (χ3v) is 2.49. The van der Waals surface area contributed by atoms with Gasteiger partial charge in [-0.1, -0.05) is 6.07 Å². The number of halogens is 2. The standard InChI is InChI=1S/C14H12F2N2O/c1-8-2-3-12(14(17)18)13(4-8)19-11-6-9(15)5-10(16)7-11/h2-7H,1H3,(H3,17,18). The Morgan fingerprint density at radius 3 is 2.32 bits per heavy atom. The Balaban J connectivity index is 2.42. The van der Waals surface area contributed by atoms with Crippen molar-refractivity contribution in [3.8, 4) is 11.5 Å². The van der Waals surface area contributed by atoms with Crippen LogP contribution in [0.2, 0.25) is 0 Å². The zero-order chi connectivity index (χ0) is 14.0. The number of ether oxygens (including phenoxy) is 1. The summed E-state index contributed by atoms with van der Waals surface area (Å²) in [4.78, 5) is 0. The van der Waals surface area contributed by atoms with Crippen molar-refractivity contribution in [3.05, 3.63) is 59.2 Å². The Hall–Kier alpha value is -2.43. The average molecular weight is 262 g/mol. The first-order valence-electron chi connectivity index (χ1n) is 5.54. The molecule has 0 saturated carbocycles. The molecule has 0 unspecified atom stereocenters. The Morgan fingerprint density at radius 2 is 1.74 bits per heavy atom. The van der Waals surface area contributed by atoms with E-state index in [0.717, 1.165) is 23.8 Å². The number of nitrogen functional groups attached to an aromatic ring is 1. The van der Waals surface area contributed by atoms with Gasteiger partial charge in [-0.25, -0.2) is 8.78 Å². The lowest BCUT2D eigenvalue weighted by Crippen LogP contribution is -2.12. The average Bonchev–Trinajstić information content (AvgIpc) is 2.26. The zero-order valence-electron chi connectivity index (χ0n) is 10.2. The van der Waals surface area contributed by atoms with Gasteiger partial charge in [0.15, 0.2) is 0 Å². The maximum Gasteiger partial charge on any atom is 0.138 e. The van der Waals surface area contributed by atoms with Gasteiger partial charge in [0, 0.05) is 18.2 Å². The Bertz CT molecular complexity index is 621. The van der Waals surface area contributed by atoms with Crippen molar-refractivity contribution in [3.63, 3.8) is 0 Å². The minimum Gasteiger partial charge on any atom is -0.456 e. The van der Waals surface area contributed by atoms with Gasteiger partial charge < -0.3 is 10.5 Å². The Kier molecular flexibility index (Phi) is 3.46. The smallest absolute Gasteiger partial charge is 0.138 e. The Morgan fingerprint density at radius 1 is 1.11 bits per heavy atom. The molecule has 2 aromatic carbocycles. The predicted octanol–water partition coefficient (Wildman–Crippen LogP) is 3.35. The van der Waals surface area contributed by atoms with Gasteiger partial charge in [-0.2, -0.15) is 0 Å². The van der Waals surface area contributed by atoms with Crippen LogP contribution in [0.1, 0.15) is 11.1 Å². The van der Waals surface area contributed by atoms with E-state index in [1.807, 2.05) is 6.92 Å². The molecule has 98 valence electrons. The Labute approximate surface area is 109 Å². The summed E-state index contributed by atoms with van der Waals surface area (Å²) < 4.78 is 31.6. The van der Waals surface area contributed by atoms with Crippen LogP contribution in [0.3, 0.4) is 0 Å². The number of aryl methyl sites for hydroxylation is 1. The number of hydrogen-bond acceptors (Lipinski definition) is 2. The maximum atomic E-state index is 13.1. The lowest BCUT2D eigenvalue weighted by Gasteiger charge is -2.11. The minimum absolute atomic E-state index is 0.0191. The molecule has 3 N–H and O–H groups in total. The van der Waals surface area contributed by atoms with E-state index in [2.05, 4.69) is 0 Å². The fourth-order valence-electron chi connectivity index (χ4n) is 1.65. The van der Waals surface area contributed by atoms with Crippen LogP contribution in [0.25, 0.3) is 0 Å². The molecule has 0 heterocycles. The first kappa shape index (κ1) is 13.0. The number of rotatable bonds is 3. The van der Waals surface area contributed by atoms with Crippen molar-refractivity contribution in [2.45, 2.75) is 6.92 Å². The van der Waals surface area contributed by atoms with Crippen LogP contribution in [-0.4, -0.2) is 5.84 Å². The molecule has 0 atom stereocenters. The summed E-state index contributed by atoms with van der Waals surface area (Å²) in [5.41, 5.74) is 6.69. The van der Waals surface area contributed by atoms with Gasteiger partial charge in [-0.3, -0.25) is 5.41 Å². The SMILES string of the molecule is Cc1ccc(C(=N)N)c(Oc2cc(F)cc(F)c2)c1. The number of nitrogens with one attached hydrogen (secondary N) is 1. The highest BCUT2D eigenvalue weighted by Crippen LogP contribution is 2.27. The lowest BCUT2D eigenvalue weighted by atomic mass is 10.1. The summed E-state index contributed by atoms with van der Waals surface area (Å²) in [6.45, 7) is 1.84. The highest BCUT2D eigenvalue weighted by Gasteiger charge is 2.09. The number of amidine groups is 1. The van der Waals surface area contributed by atoms with Gasteiger partial charge in [0.2, 0.25) is 0 Å². The van der Waals surface area contributed by atoms with Gasteiger partial charge in [-0.15, -0.1) is 0 Å². The fraction of sp³-hybridized carbons (Fsp3) is 0.0714. The second-order valence-electron chi connectivity index (χ2n) is 4.12. The second-order valence-corrected chi connectivity index (χ2v) is 4.12. The molecule has 2 rings (SSSR count). The summed E-state index contributed by atoms with van der Waals surface area (Å²) in [5.74, 6) is -1.32. The maximum absolute atomic E-state index is 13.1. The topological polar surface area (TPSA) is 59.1 Å². The second kappa shape index (κ2) is 5.06. The van der Waals surface area contributed by atoms with E-state index in [1.54, 1.807) is 18.2 Å². The quantitative estimate of drug-likeness (QED) is 0.658. The highest BCUT2D eigenvalue weighted by atomic mass is 19.1. The molecular weight excluding hydrogens is 250 g/mol. The van der Waals surface area contributed by atoms with Crippen molar-refractivity contribution in [1.29, 1.82) is 5.41 Å². The van der Waals surface area contributed by atoms with Gasteiger partial charge in [-0.05, 0) is 24.6 Å². The molecule has 0 aliphatic heterocycles. The van der Waals surface area contributed by atoms with Gasteiger partial charge >= 0.3 is 0 Å². The van der Waals surface area contributed by atoms with E-state index in [-0.39, 0.29) is 17.3 Å². The molecule has 0 fully saturated rings. The van der Waals surface area contributed by atoms with E-state index in [1.165, 1.54) is 0 Å². The number of nitrogens with two attached hydrogens (primary N) is 1. The van der Waals surface area contributed by atoms with Crippen molar-refractivity contribution >= 4 is 5.84 Å². The molecule has 19 heavy (non-hydrogen) atoms. The minimum atomic E-state index is -0.730. The summed E-state index contributed by atoms with van der Waals surface area (Å²) in [5, 5.41) is 7.45. The van der Waals surface area contributed by atoms with E-state index < -0.39 is 11.6 Å². The molecule has 0 amide bonds. The molecule has 0 aromatic heterocycles. The van der Waals surface area contributed by atoms with E-state index >= 15 is 0 Å². The summed E-state index contributed by atoms with van der Waals surface area (Å²) >= 11 is 0. The third kappa shape index (κ3) is 3.07. The van der Waals surface area contributed by atoms with Gasteiger partial charge in [0.05, 0.1) is 5.56 Å². The van der Waals surface area contributed by atoms with Crippen LogP contribution in [-0.2, 0) is 0 Å².